The van der Waals surface area contributed by atoms with Gasteiger partial charge >= 0.3 is 6.09 Å². The first kappa shape index (κ1) is 22.8. The minimum absolute atomic E-state index is 0.413. The number of carbonyl (C=O) groups excluding carboxylic acids is 1. The maximum Gasteiger partial charge on any atom is 0.407 e. The van der Waals surface area contributed by atoms with Gasteiger partial charge in [-0.2, -0.15) is 0 Å². The van der Waals surface area contributed by atoms with Crippen LogP contribution >= 0.6 is 0 Å². The van der Waals surface area contributed by atoms with Gasteiger partial charge in [0.25, 0.3) is 0 Å². The lowest BCUT2D eigenvalue weighted by molar-refractivity contribution is 0.0529. The molecular weight excluding hydrogens is 342 g/mol. The topological polar surface area (TPSA) is 78.0 Å². The predicted octanol–water partition coefficient (Wildman–Crippen LogP) is 2.33. The number of ether oxygens (including phenoxy) is 1. The number of aliphatic imine (C=N–C) groups is 1. The highest BCUT2D eigenvalue weighted by Crippen LogP contribution is 2.08. The number of rotatable bonds is 8. The minimum Gasteiger partial charge on any atom is -0.444 e. The molecule has 1 amide bonds. The number of hydrogen-bond acceptors (Lipinski definition) is 4. The molecule has 0 radical (unpaired) electrons. The molecule has 0 unspecified atom stereocenters. The summed E-state index contributed by atoms with van der Waals surface area (Å²) < 4.78 is 5.21. The van der Waals surface area contributed by atoms with E-state index in [2.05, 4.69) is 64.2 Å². The number of hydrogen-bond donors (Lipinski definition) is 3. The zero-order valence-corrected chi connectivity index (χ0v) is 17.6. The van der Waals surface area contributed by atoms with Gasteiger partial charge in [-0.15, -0.1) is 0 Å². The lowest BCUT2D eigenvalue weighted by Crippen LogP contribution is -2.42. The standard InChI is InChI=1S/C20H35N5O2/c1-7-21-18(22-11-12-23-19(26)27-20(2,3)4)24-14-16-9-8-10-17(13-16)15-25(5)6/h8-10,13H,7,11-12,14-15H2,1-6H3,(H,23,26)(H2,21,22,24). The Hall–Kier alpha value is -2.28. The summed E-state index contributed by atoms with van der Waals surface area (Å²) >= 11 is 0. The third-order valence-corrected chi connectivity index (χ3v) is 3.34. The number of benzene rings is 1. The number of carbonyl (C=O) groups is 1. The lowest BCUT2D eigenvalue weighted by atomic mass is 10.1. The first-order valence-electron chi connectivity index (χ1n) is 9.41. The summed E-state index contributed by atoms with van der Waals surface area (Å²) in [5.74, 6) is 0.724. The average Bonchev–Trinajstić information content (AvgIpc) is 2.54. The van der Waals surface area contributed by atoms with Crippen molar-refractivity contribution in [3.63, 3.8) is 0 Å². The number of alkyl carbamates (subject to hydrolysis) is 1. The lowest BCUT2D eigenvalue weighted by Gasteiger charge is -2.19. The van der Waals surface area contributed by atoms with Crippen molar-refractivity contribution in [3.05, 3.63) is 35.4 Å². The van der Waals surface area contributed by atoms with Crippen LogP contribution in [0.25, 0.3) is 0 Å². The van der Waals surface area contributed by atoms with Crippen LogP contribution in [0.3, 0.4) is 0 Å². The van der Waals surface area contributed by atoms with Crippen LogP contribution < -0.4 is 16.0 Å². The molecule has 0 spiro atoms. The van der Waals surface area contributed by atoms with Crippen molar-refractivity contribution in [2.75, 3.05) is 33.7 Å². The number of amides is 1. The molecule has 1 aromatic carbocycles. The first-order chi connectivity index (χ1) is 12.7. The summed E-state index contributed by atoms with van der Waals surface area (Å²) in [5.41, 5.74) is 1.94. The van der Waals surface area contributed by atoms with Crippen molar-refractivity contribution in [2.24, 2.45) is 4.99 Å². The average molecular weight is 378 g/mol. The second kappa shape index (κ2) is 11.4. The molecule has 1 rings (SSSR count). The van der Waals surface area contributed by atoms with Gasteiger partial charge in [-0.3, -0.25) is 0 Å². The van der Waals surface area contributed by atoms with E-state index in [1.54, 1.807) is 0 Å². The third kappa shape index (κ3) is 11.1. The van der Waals surface area contributed by atoms with Gasteiger partial charge in [0.15, 0.2) is 5.96 Å². The van der Waals surface area contributed by atoms with Crippen molar-refractivity contribution in [1.82, 2.24) is 20.9 Å². The second-order valence-corrected chi connectivity index (χ2v) is 7.61. The molecule has 3 N–H and O–H groups in total. The Kier molecular flexibility index (Phi) is 9.64. The van der Waals surface area contributed by atoms with E-state index in [-0.39, 0.29) is 0 Å². The molecule has 0 aliphatic heterocycles. The fraction of sp³-hybridized carbons (Fsp3) is 0.600. The van der Waals surface area contributed by atoms with Crippen molar-refractivity contribution in [3.8, 4) is 0 Å². The van der Waals surface area contributed by atoms with Gasteiger partial charge in [0.2, 0.25) is 0 Å². The Bertz CT molecular complexity index is 609. The highest BCUT2D eigenvalue weighted by molar-refractivity contribution is 5.79. The maximum absolute atomic E-state index is 11.6. The molecule has 0 aromatic heterocycles. The van der Waals surface area contributed by atoms with Crippen LogP contribution in [0.4, 0.5) is 4.79 Å². The summed E-state index contributed by atoms with van der Waals surface area (Å²) in [6, 6.07) is 8.45. The van der Waals surface area contributed by atoms with Gasteiger partial charge in [0.05, 0.1) is 6.54 Å². The Morgan fingerprint density at radius 2 is 1.78 bits per heavy atom. The van der Waals surface area contributed by atoms with Gasteiger partial charge < -0.3 is 25.6 Å². The normalized spacial score (nSPS) is 12.0. The molecule has 0 fully saturated rings. The Morgan fingerprint density at radius 3 is 2.41 bits per heavy atom. The minimum atomic E-state index is -0.491. The molecule has 27 heavy (non-hydrogen) atoms. The van der Waals surface area contributed by atoms with E-state index in [0.717, 1.165) is 19.0 Å². The summed E-state index contributed by atoms with van der Waals surface area (Å²) in [5, 5.41) is 9.15. The predicted molar refractivity (Wildman–Crippen MR) is 111 cm³/mol. The molecular formula is C20H35N5O2. The van der Waals surface area contributed by atoms with Gasteiger partial charge in [0, 0.05) is 26.2 Å². The molecule has 0 aliphatic rings. The largest absolute Gasteiger partial charge is 0.444 e. The fourth-order valence-electron chi connectivity index (χ4n) is 2.36. The van der Waals surface area contributed by atoms with Crippen molar-refractivity contribution in [1.29, 1.82) is 0 Å². The van der Waals surface area contributed by atoms with E-state index < -0.39 is 11.7 Å². The molecule has 152 valence electrons. The fourth-order valence-corrected chi connectivity index (χ4v) is 2.36. The number of nitrogens with zero attached hydrogens (tertiary/aromatic N) is 2. The molecule has 1 aromatic rings. The molecule has 0 atom stereocenters. The van der Waals surface area contributed by atoms with Crippen molar-refractivity contribution < 1.29 is 9.53 Å². The van der Waals surface area contributed by atoms with E-state index in [1.807, 2.05) is 27.7 Å². The second-order valence-electron chi connectivity index (χ2n) is 7.61. The summed E-state index contributed by atoms with van der Waals surface area (Å²) in [4.78, 5) is 18.4. The highest BCUT2D eigenvalue weighted by Gasteiger charge is 2.15. The molecule has 7 heteroatoms. The number of guanidine groups is 1. The molecule has 0 saturated heterocycles. The molecule has 0 saturated carbocycles. The molecule has 0 bridgehead atoms. The van der Waals surface area contributed by atoms with Crippen molar-refractivity contribution in [2.45, 2.75) is 46.4 Å². The maximum atomic E-state index is 11.6. The summed E-state index contributed by atoms with van der Waals surface area (Å²) in [6.45, 7) is 10.8. The zero-order valence-electron chi connectivity index (χ0n) is 17.6. The third-order valence-electron chi connectivity index (χ3n) is 3.34. The van der Waals surface area contributed by atoms with Crippen LogP contribution in [0.1, 0.15) is 38.8 Å². The van der Waals surface area contributed by atoms with Gasteiger partial charge in [-0.25, -0.2) is 9.79 Å². The zero-order chi connectivity index (χ0) is 20.3. The highest BCUT2D eigenvalue weighted by atomic mass is 16.6. The van der Waals surface area contributed by atoms with Gasteiger partial charge in [-0.1, -0.05) is 24.3 Å². The van der Waals surface area contributed by atoms with Crippen LogP contribution in [0.2, 0.25) is 0 Å². The van der Waals surface area contributed by atoms with Gasteiger partial charge in [0.1, 0.15) is 5.60 Å². The Labute approximate surface area is 163 Å². The Morgan fingerprint density at radius 1 is 1.11 bits per heavy atom. The van der Waals surface area contributed by atoms with Crippen LogP contribution in [0.15, 0.2) is 29.3 Å². The van der Waals surface area contributed by atoms with Crippen LogP contribution in [0.5, 0.6) is 0 Å². The smallest absolute Gasteiger partial charge is 0.407 e. The van der Waals surface area contributed by atoms with E-state index in [9.17, 15) is 4.79 Å². The summed E-state index contributed by atoms with van der Waals surface area (Å²) in [6.07, 6.45) is -0.413. The SMILES string of the molecule is CCNC(=NCc1cccc(CN(C)C)c1)NCCNC(=O)OC(C)(C)C. The van der Waals surface area contributed by atoms with Gasteiger partial charge in [-0.05, 0) is 52.9 Å². The molecule has 7 nitrogen and oxygen atoms in total. The van der Waals surface area contributed by atoms with E-state index in [1.165, 1.54) is 11.1 Å². The monoisotopic (exact) mass is 377 g/mol. The molecule has 0 heterocycles. The first-order valence-corrected chi connectivity index (χ1v) is 9.41. The van der Waals surface area contributed by atoms with Crippen LogP contribution in [-0.4, -0.2) is 56.3 Å². The molecule has 0 aliphatic carbocycles. The van der Waals surface area contributed by atoms with Crippen LogP contribution in [-0.2, 0) is 17.8 Å². The number of nitrogens with one attached hydrogen (secondary N) is 3. The van der Waals surface area contributed by atoms with E-state index in [4.69, 9.17) is 4.74 Å². The van der Waals surface area contributed by atoms with E-state index in [0.29, 0.717) is 19.6 Å². The quantitative estimate of drug-likeness (QED) is 0.368. The summed E-state index contributed by atoms with van der Waals surface area (Å²) in [7, 11) is 4.12. The van der Waals surface area contributed by atoms with Crippen molar-refractivity contribution >= 4 is 12.1 Å². The van der Waals surface area contributed by atoms with Crippen LogP contribution in [0, 0.1) is 0 Å². The Balaban J connectivity index is 2.49. The van der Waals surface area contributed by atoms with E-state index >= 15 is 0 Å².